The summed E-state index contributed by atoms with van der Waals surface area (Å²) in [4.78, 5) is 0. The molecule has 0 bridgehead atoms. The van der Waals surface area contributed by atoms with Crippen molar-refractivity contribution in [1.29, 1.82) is 0 Å². The molecule has 2 nitrogen and oxygen atoms in total. The van der Waals surface area contributed by atoms with Crippen LogP contribution in [0, 0.1) is 0 Å². The van der Waals surface area contributed by atoms with E-state index in [9.17, 15) is 23.4 Å². The first-order chi connectivity index (χ1) is 11.3. The van der Waals surface area contributed by atoms with Gasteiger partial charge in [-0.25, -0.2) is 0 Å². The Morgan fingerprint density at radius 1 is 0.667 bits per heavy atom. The predicted molar refractivity (Wildman–Crippen MR) is 87.3 cm³/mol. The topological polar surface area (TPSA) is 40.5 Å². The first kappa shape index (κ1) is 14.6. The highest BCUT2D eigenvalue weighted by atomic mass is 19.4. The molecular weight excluding hydrogens is 317 g/mol. The molecule has 0 saturated heterocycles. The summed E-state index contributed by atoms with van der Waals surface area (Å²) in [6.45, 7) is 0. The minimum atomic E-state index is -4.83. The van der Waals surface area contributed by atoms with Gasteiger partial charge in [-0.2, -0.15) is 13.2 Å². The zero-order valence-electron chi connectivity index (χ0n) is 12.2. The highest BCUT2D eigenvalue weighted by molar-refractivity contribution is 6.06. The van der Waals surface area contributed by atoms with Crippen LogP contribution >= 0.6 is 0 Å². The summed E-state index contributed by atoms with van der Waals surface area (Å²) in [7, 11) is 0. The van der Waals surface area contributed by atoms with Crippen molar-refractivity contribution in [3.63, 3.8) is 0 Å². The zero-order valence-corrected chi connectivity index (χ0v) is 12.2. The smallest absolute Gasteiger partial charge is 0.423 e. The maximum atomic E-state index is 13.0. The Morgan fingerprint density at radius 2 is 1.21 bits per heavy atom. The largest absolute Gasteiger partial charge is 0.507 e. The SMILES string of the molecule is Oc1cc2cc3cc4ccccc4cc3cc2c(O)c1C(F)(F)F. The number of rotatable bonds is 0. The molecule has 0 spiro atoms. The third-order valence-electron chi connectivity index (χ3n) is 4.20. The van der Waals surface area contributed by atoms with Gasteiger partial charge in [0.1, 0.15) is 17.1 Å². The van der Waals surface area contributed by atoms with Gasteiger partial charge >= 0.3 is 6.18 Å². The quantitative estimate of drug-likeness (QED) is 0.414. The Labute approximate surface area is 134 Å². The fraction of sp³-hybridized carbons (Fsp3) is 0.0526. The summed E-state index contributed by atoms with van der Waals surface area (Å²) < 4.78 is 39.1. The molecule has 120 valence electrons. The van der Waals surface area contributed by atoms with E-state index < -0.39 is 23.2 Å². The Balaban J connectivity index is 2.12. The molecule has 0 aliphatic heterocycles. The summed E-state index contributed by atoms with van der Waals surface area (Å²) >= 11 is 0. The normalized spacial score (nSPS) is 12.3. The molecule has 0 fully saturated rings. The van der Waals surface area contributed by atoms with Crippen molar-refractivity contribution in [1.82, 2.24) is 0 Å². The molecule has 0 radical (unpaired) electrons. The number of aromatic hydroxyl groups is 2. The molecule has 0 aliphatic carbocycles. The van der Waals surface area contributed by atoms with E-state index in [1.165, 1.54) is 6.07 Å². The summed E-state index contributed by atoms with van der Waals surface area (Å²) in [5.74, 6) is -1.93. The molecule has 0 atom stereocenters. The van der Waals surface area contributed by atoms with Crippen LogP contribution in [-0.4, -0.2) is 10.2 Å². The highest BCUT2D eigenvalue weighted by Gasteiger charge is 2.38. The van der Waals surface area contributed by atoms with Gasteiger partial charge in [0.2, 0.25) is 0 Å². The lowest BCUT2D eigenvalue weighted by molar-refractivity contribution is -0.139. The van der Waals surface area contributed by atoms with Crippen LogP contribution in [0.4, 0.5) is 13.2 Å². The number of halogens is 3. The van der Waals surface area contributed by atoms with Gasteiger partial charge in [-0.05, 0) is 57.3 Å². The molecule has 24 heavy (non-hydrogen) atoms. The van der Waals surface area contributed by atoms with E-state index in [1.54, 1.807) is 6.07 Å². The fourth-order valence-electron chi connectivity index (χ4n) is 3.09. The number of phenols is 2. The van der Waals surface area contributed by atoms with Crippen LogP contribution in [0.3, 0.4) is 0 Å². The van der Waals surface area contributed by atoms with E-state index >= 15 is 0 Å². The second kappa shape index (κ2) is 4.77. The second-order valence-corrected chi connectivity index (χ2v) is 5.74. The molecule has 0 aromatic heterocycles. The lowest BCUT2D eigenvalue weighted by Crippen LogP contribution is -2.06. The Morgan fingerprint density at radius 3 is 1.79 bits per heavy atom. The van der Waals surface area contributed by atoms with Gasteiger partial charge in [0, 0.05) is 5.39 Å². The molecule has 5 heteroatoms. The van der Waals surface area contributed by atoms with Crippen molar-refractivity contribution in [2.24, 2.45) is 0 Å². The number of phenolic OH excluding ortho intramolecular Hbond substituents is 2. The van der Waals surface area contributed by atoms with E-state index in [1.807, 2.05) is 36.4 Å². The van der Waals surface area contributed by atoms with Gasteiger partial charge in [-0.3, -0.25) is 0 Å². The van der Waals surface area contributed by atoms with Crippen molar-refractivity contribution in [2.75, 3.05) is 0 Å². The number of hydrogen-bond acceptors (Lipinski definition) is 2. The predicted octanol–water partition coefficient (Wildman–Crippen LogP) is 5.58. The van der Waals surface area contributed by atoms with Crippen LogP contribution in [0.1, 0.15) is 5.56 Å². The number of alkyl halides is 3. The van der Waals surface area contributed by atoms with Crippen LogP contribution in [-0.2, 0) is 6.18 Å². The van der Waals surface area contributed by atoms with E-state index in [-0.39, 0.29) is 5.39 Å². The fourth-order valence-corrected chi connectivity index (χ4v) is 3.09. The maximum Gasteiger partial charge on any atom is 0.423 e. The molecular formula is C19H11F3O2. The molecule has 2 N–H and O–H groups in total. The Hall–Kier alpha value is -2.95. The highest BCUT2D eigenvalue weighted by Crippen LogP contribution is 2.46. The number of benzene rings is 4. The molecule has 0 aliphatic rings. The second-order valence-electron chi connectivity index (χ2n) is 5.74. The van der Waals surface area contributed by atoms with Crippen LogP contribution in [0.25, 0.3) is 32.3 Å². The van der Waals surface area contributed by atoms with E-state index in [0.717, 1.165) is 27.6 Å². The molecule has 0 saturated carbocycles. The third-order valence-corrected chi connectivity index (χ3v) is 4.20. The number of hydrogen-bond donors (Lipinski definition) is 2. The van der Waals surface area contributed by atoms with Crippen LogP contribution < -0.4 is 0 Å². The average molecular weight is 328 g/mol. The van der Waals surface area contributed by atoms with Crippen molar-refractivity contribution in [3.05, 3.63) is 60.2 Å². The van der Waals surface area contributed by atoms with Gasteiger partial charge in [-0.1, -0.05) is 24.3 Å². The standard InChI is InChI=1S/C19H11F3O2/c20-19(21,22)17-16(23)9-14-7-12-5-10-3-1-2-4-11(10)6-13(12)8-15(14)18(17)24/h1-9,23-24H. The van der Waals surface area contributed by atoms with Gasteiger partial charge < -0.3 is 10.2 Å². The van der Waals surface area contributed by atoms with Crippen molar-refractivity contribution >= 4 is 32.3 Å². The zero-order chi connectivity index (χ0) is 17.1. The van der Waals surface area contributed by atoms with Crippen LogP contribution in [0.15, 0.2) is 54.6 Å². The van der Waals surface area contributed by atoms with Crippen molar-refractivity contribution in [3.8, 4) is 11.5 Å². The van der Waals surface area contributed by atoms with Gasteiger partial charge in [0.05, 0.1) is 0 Å². The summed E-state index contributed by atoms with van der Waals surface area (Å²) in [5.41, 5.74) is -1.41. The minimum absolute atomic E-state index is 0.0582. The summed E-state index contributed by atoms with van der Waals surface area (Å²) in [6.07, 6.45) is -4.83. The van der Waals surface area contributed by atoms with E-state index in [0.29, 0.717) is 5.39 Å². The van der Waals surface area contributed by atoms with Crippen molar-refractivity contribution in [2.45, 2.75) is 6.18 Å². The Bertz CT molecular complexity index is 1110. The number of fused-ring (bicyclic) bond motifs is 3. The summed E-state index contributed by atoms with van der Waals surface area (Å²) in [6, 6.07) is 15.6. The van der Waals surface area contributed by atoms with Gasteiger partial charge in [0.15, 0.2) is 0 Å². The summed E-state index contributed by atoms with van der Waals surface area (Å²) in [5, 5.41) is 23.7. The molecule has 0 heterocycles. The molecule has 4 rings (SSSR count). The molecule has 4 aromatic rings. The first-order valence-corrected chi connectivity index (χ1v) is 7.23. The van der Waals surface area contributed by atoms with Gasteiger partial charge in [0.25, 0.3) is 0 Å². The molecule has 4 aromatic carbocycles. The minimum Gasteiger partial charge on any atom is -0.507 e. The average Bonchev–Trinajstić information content (AvgIpc) is 2.50. The van der Waals surface area contributed by atoms with Crippen LogP contribution in [0.5, 0.6) is 11.5 Å². The lowest BCUT2D eigenvalue weighted by Gasteiger charge is -2.14. The van der Waals surface area contributed by atoms with Crippen molar-refractivity contribution < 1.29 is 23.4 Å². The van der Waals surface area contributed by atoms with E-state index in [2.05, 4.69) is 0 Å². The molecule has 0 unspecified atom stereocenters. The molecule has 0 amide bonds. The Kier molecular flexibility index (Phi) is 2.91. The monoisotopic (exact) mass is 328 g/mol. The van der Waals surface area contributed by atoms with Crippen LogP contribution in [0.2, 0.25) is 0 Å². The third kappa shape index (κ3) is 2.12. The maximum absolute atomic E-state index is 13.0. The first-order valence-electron chi connectivity index (χ1n) is 7.23. The van der Waals surface area contributed by atoms with E-state index in [4.69, 9.17) is 0 Å². The van der Waals surface area contributed by atoms with Gasteiger partial charge in [-0.15, -0.1) is 0 Å². The lowest BCUT2D eigenvalue weighted by atomic mass is 9.97.